The quantitative estimate of drug-likeness (QED) is 0.691. The molecule has 3 rings (SSSR count). The number of carbonyl (C=O) groups excluding carboxylic acids is 1. The molecule has 7 heteroatoms. The van der Waals surface area contributed by atoms with Crippen LogP contribution in [0.1, 0.15) is 30.8 Å². The molecule has 0 aliphatic heterocycles. The van der Waals surface area contributed by atoms with Gasteiger partial charge in [-0.3, -0.25) is 4.79 Å². The minimum Gasteiger partial charge on any atom is -0.461 e. The molecule has 1 aromatic carbocycles. The summed E-state index contributed by atoms with van der Waals surface area (Å²) in [6.45, 7) is 1.95. The number of furan rings is 1. The normalized spacial score (nSPS) is 12.1. The number of benzene rings is 1. The van der Waals surface area contributed by atoms with E-state index in [0.717, 1.165) is 10.0 Å². The second-order valence-electron chi connectivity index (χ2n) is 5.33. The molecule has 6 nitrogen and oxygen atoms in total. The third-order valence-corrected chi connectivity index (χ3v) is 3.99. The highest BCUT2D eigenvalue weighted by Gasteiger charge is 2.14. The Bertz CT molecular complexity index is 814. The summed E-state index contributed by atoms with van der Waals surface area (Å²) in [5, 5.41) is 6.80. The zero-order valence-corrected chi connectivity index (χ0v) is 14.6. The third kappa shape index (κ3) is 4.11. The Morgan fingerprint density at radius 3 is 2.96 bits per heavy atom. The minimum atomic E-state index is -0.0728. The number of carbonyl (C=O) groups is 1. The van der Waals surface area contributed by atoms with Crippen LogP contribution in [0.15, 0.2) is 56.1 Å². The molecule has 24 heavy (non-hydrogen) atoms. The van der Waals surface area contributed by atoms with Crippen molar-refractivity contribution in [1.82, 2.24) is 15.5 Å². The summed E-state index contributed by atoms with van der Waals surface area (Å²) in [7, 11) is 0. The molecule has 1 unspecified atom stereocenters. The highest BCUT2D eigenvalue weighted by Crippen LogP contribution is 2.18. The number of amides is 1. The predicted octanol–water partition coefficient (Wildman–Crippen LogP) is 3.90. The van der Waals surface area contributed by atoms with E-state index in [0.29, 0.717) is 23.9 Å². The van der Waals surface area contributed by atoms with Crippen molar-refractivity contribution in [3.63, 3.8) is 0 Å². The van der Waals surface area contributed by atoms with Crippen molar-refractivity contribution in [2.75, 3.05) is 0 Å². The van der Waals surface area contributed by atoms with Crippen LogP contribution in [-0.4, -0.2) is 16.0 Å². The van der Waals surface area contributed by atoms with Gasteiger partial charge in [-0.1, -0.05) is 33.2 Å². The van der Waals surface area contributed by atoms with Crippen molar-refractivity contribution in [2.45, 2.75) is 25.8 Å². The van der Waals surface area contributed by atoms with E-state index in [1.807, 2.05) is 31.2 Å². The molecule has 3 aromatic rings. The van der Waals surface area contributed by atoms with Crippen molar-refractivity contribution in [3.8, 4) is 11.6 Å². The second kappa shape index (κ2) is 7.44. The highest BCUT2D eigenvalue weighted by atomic mass is 79.9. The van der Waals surface area contributed by atoms with Crippen LogP contribution in [0.3, 0.4) is 0 Å². The smallest absolute Gasteiger partial charge is 0.238 e. The van der Waals surface area contributed by atoms with Crippen LogP contribution in [0, 0.1) is 0 Å². The van der Waals surface area contributed by atoms with E-state index in [-0.39, 0.29) is 18.4 Å². The standard InChI is InChI=1S/C17H16BrN3O3/c1-11(12-4-2-5-13(18)10-12)19-15(22)7-8-16-20-17(21-24-16)14-6-3-9-23-14/h2-6,9-11H,7-8H2,1H3,(H,19,22). The molecule has 1 amide bonds. The van der Waals surface area contributed by atoms with Gasteiger partial charge in [0.1, 0.15) is 0 Å². The van der Waals surface area contributed by atoms with Crippen LogP contribution in [0.5, 0.6) is 0 Å². The molecule has 0 saturated heterocycles. The van der Waals surface area contributed by atoms with Gasteiger partial charge < -0.3 is 14.3 Å². The molecule has 0 aliphatic rings. The van der Waals surface area contributed by atoms with Gasteiger partial charge in [0.2, 0.25) is 17.6 Å². The lowest BCUT2D eigenvalue weighted by Crippen LogP contribution is -2.26. The molecule has 0 saturated carbocycles. The number of hydrogen-bond acceptors (Lipinski definition) is 5. The molecular weight excluding hydrogens is 374 g/mol. The Kier molecular flexibility index (Phi) is 5.10. The Morgan fingerprint density at radius 1 is 1.33 bits per heavy atom. The van der Waals surface area contributed by atoms with Gasteiger partial charge in [0.05, 0.1) is 12.3 Å². The van der Waals surface area contributed by atoms with E-state index in [4.69, 9.17) is 8.94 Å². The number of nitrogens with one attached hydrogen (secondary N) is 1. The van der Waals surface area contributed by atoms with Gasteiger partial charge in [-0.2, -0.15) is 4.98 Å². The fourth-order valence-corrected chi connectivity index (χ4v) is 2.67. The number of hydrogen-bond donors (Lipinski definition) is 1. The minimum absolute atomic E-state index is 0.0692. The highest BCUT2D eigenvalue weighted by molar-refractivity contribution is 9.10. The van der Waals surface area contributed by atoms with E-state index < -0.39 is 0 Å². The summed E-state index contributed by atoms with van der Waals surface area (Å²) in [4.78, 5) is 16.3. The lowest BCUT2D eigenvalue weighted by atomic mass is 10.1. The Hall–Kier alpha value is -2.41. The lowest BCUT2D eigenvalue weighted by molar-refractivity contribution is -0.121. The first-order valence-corrected chi connectivity index (χ1v) is 8.32. The number of nitrogens with zero attached hydrogens (tertiary/aromatic N) is 2. The van der Waals surface area contributed by atoms with Crippen LogP contribution in [0.4, 0.5) is 0 Å². The molecule has 0 bridgehead atoms. The van der Waals surface area contributed by atoms with Gasteiger partial charge in [0.25, 0.3) is 0 Å². The van der Waals surface area contributed by atoms with E-state index >= 15 is 0 Å². The predicted molar refractivity (Wildman–Crippen MR) is 91.0 cm³/mol. The molecule has 0 fully saturated rings. The first-order valence-electron chi connectivity index (χ1n) is 7.53. The maximum atomic E-state index is 12.1. The van der Waals surface area contributed by atoms with Crippen LogP contribution >= 0.6 is 15.9 Å². The molecule has 2 aromatic heterocycles. The van der Waals surface area contributed by atoms with E-state index in [2.05, 4.69) is 31.4 Å². The van der Waals surface area contributed by atoms with Crippen LogP contribution in [0.25, 0.3) is 11.6 Å². The number of aromatic nitrogens is 2. The average Bonchev–Trinajstić information content (AvgIpc) is 3.24. The van der Waals surface area contributed by atoms with Gasteiger partial charge in [-0.05, 0) is 36.8 Å². The zero-order valence-electron chi connectivity index (χ0n) is 13.0. The first kappa shape index (κ1) is 16.4. The summed E-state index contributed by atoms with van der Waals surface area (Å²) in [5.41, 5.74) is 1.04. The van der Waals surface area contributed by atoms with E-state index in [1.54, 1.807) is 18.4 Å². The SMILES string of the molecule is CC(NC(=O)CCc1nc(-c2ccco2)no1)c1cccc(Br)c1. The topological polar surface area (TPSA) is 81.2 Å². The van der Waals surface area contributed by atoms with Crippen LogP contribution in [-0.2, 0) is 11.2 Å². The van der Waals surface area contributed by atoms with Gasteiger partial charge >= 0.3 is 0 Å². The van der Waals surface area contributed by atoms with Crippen molar-refractivity contribution in [2.24, 2.45) is 0 Å². The van der Waals surface area contributed by atoms with Gasteiger partial charge in [-0.15, -0.1) is 0 Å². The molecule has 1 atom stereocenters. The lowest BCUT2D eigenvalue weighted by Gasteiger charge is -2.14. The van der Waals surface area contributed by atoms with E-state index in [1.165, 1.54) is 0 Å². The van der Waals surface area contributed by atoms with Gasteiger partial charge in [0.15, 0.2) is 5.76 Å². The number of halogens is 1. The van der Waals surface area contributed by atoms with Gasteiger partial charge in [0, 0.05) is 17.3 Å². The van der Waals surface area contributed by atoms with Crippen molar-refractivity contribution in [1.29, 1.82) is 0 Å². The Labute approximate surface area is 147 Å². The second-order valence-corrected chi connectivity index (χ2v) is 6.25. The maximum absolute atomic E-state index is 12.1. The van der Waals surface area contributed by atoms with Crippen LogP contribution in [0.2, 0.25) is 0 Å². The fraction of sp³-hybridized carbons (Fsp3) is 0.235. The summed E-state index contributed by atoms with van der Waals surface area (Å²) >= 11 is 3.43. The molecule has 0 aliphatic carbocycles. The van der Waals surface area contributed by atoms with Crippen molar-refractivity contribution >= 4 is 21.8 Å². The fourth-order valence-electron chi connectivity index (χ4n) is 2.26. The van der Waals surface area contributed by atoms with Crippen LogP contribution < -0.4 is 5.32 Å². The number of aryl methyl sites for hydroxylation is 1. The molecular formula is C17H16BrN3O3. The molecule has 0 spiro atoms. The molecule has 124 valence electrons. The summed E-state index contributed by atoms with van der Waals surface area (Å²) < 4.78 is 11.3. The van der Waals surface area contributed by atoms with Gasteiger partial charge in [-0.25, -0.2) is 0 Å². The maximum Gasteiger partial charge on any atom is 0.238 e. The van der Waals surface area contributed by atoms with Crippen molar-refractivity contribution < 1.29 is 13.7 Å². The average molecular weight is 390 g/mol. The molecule has 1 N–H and O–H groups in total. The first-order chi connectivity index (χ1) is 11.6. The summed E-state index contributed by atoms with van der Waals surface area (Å²) in [6, 6.07) is 11.3. The monoisotopic (exact) mass is 389 g/mol. The largest absolute Gasteiger partial charge is 0.461 e. The zero-order chi connectivity index (χ0) is 16.9. The molecule has 0 radical (unpaired) electrons. The summed E-state index contributed by atoms with van der Waals surface area (Å²) in [5.74, 6) is 1.27. The number of rotatable bonds is 6. The van der Waals surface area contributed by atoms with E-state index in [9.17, 15) is 4.79 Å². The molecule has 2 heterocycles. The van der Waals surface area contributed by atoms with Crippen molar-refractivity contribution in [3.05, 3.63) is 58.6 Å². The summed E-state index contributed by atoms with van der Waals surface area (Å²) in [6.07, 6.45) is 2.20. The third-order valence-electron chi connectivity index (χ3n) is 3.50. The Morgan fingerprint density at radius 2 is 2.21 bits per heavy atom. The Balaban J connectivity index is 1.52.